The van der Waals surface area contributed by atoms with Crippen molar-refractivity contribution in [2.75, 3.05) is 13.2 Å². The SMILES string of the molecule is CC(Cc1cccc(O)c1CC(C)OCCCCCCc1ccccc1)OCCCCCCc1ccccc1. The molecule has 39 heavy (non-hydrogen) atoms. The standard InChI is InChI=1S/C36H50O3/c1-30(38-26-15-5-3-9-18-32-20-11-7-12-21-32)28-34-24-17-25-36(37)35(34)29-31(2)39-27-16-6-4-10-19-33-22-13-8-14-23-33/h7-8,11-14,17,20-25,30-31,37H,3-6,9-10,15-16,18-19,26-29H2,1-2H3. The van der Waals surface area contributed by atoms with Gasteiger partial charge in [0.2, 0.25) is 0 Å². The minimum absolute atomic E-state index is 0.0773. The molecule has 0 saturated carbocycles. The van der Waals surface area contributed by atoms with Crippen molar-refractivity contribution in [3.05, 3.63) is 101 Å². The average molecular weight is 531 g/mol. The van der Waals surface area contributed by atoms with Crippen LogP contribution >= 0.6 is 0 Å². The molecule has 3 aromatic rings. The van der Waals surface area contributed by atoms with Crippen molar-refractivity contribution >= 4 is 0 Å². The monoisotopic (exact) mass is 530 g/mol. The first kappa shape index (κ1) is 30.9. The predicted molar refractivity (Wildman–Crippen MR) is 164 cm³/mol. The normalized spacial score (nSPS) is 12.9. The molecule has 2 unspecified atom stereocenters. The Morgan fingerprint density at radius 2 is 1.03 bits per heavy atom. The maximum atomic E-state index is 10.6. The molecule has 3 aromatic carbocycles. The predicted octanol–water partition coefficient (Wildman–Crippen LogP) is 8.89. The molecule has 1 N–H and O–H groups in total. The third-order valence-electron chi connectivity index (χ3n) is 7.46. The molecule has 0 amide bonds. The van der Waals surface area contributed by atoms with Gasteiger partial charge in [0.05, 0.1) is 12.2 Å². The number of aryl methyl sites for hydroxylation is 2. The van der Waals surface area contributed by atoms with E-state index in [4.69, 9.17) is 9.47 Å². The van der Waals surface area contributed by atoms with Crippen molar-refractivity contribution in [2.24, 2.45) is 0 Å². The molecule has 212 valence electrons. The topological polar surface area (TPSA) is 38.7 Å². The molecule has 0 radical (unpaired) electrons. The summed E-state index contributed by atoms with van der Waals surface area (Å²) >= 11 is 0. The zero-order valence-corrected chi connectivity index (χ0v) is 24.3. The molecule has 0 aliphatic heterocycles. The van der Waals surface area contributed by atoms with Gasteiger partial charge in [0, 0.05) is 19.6 Å². The number of unbranched alkanes of at least 4 members (excludes halogenated alkanes) is 6. The van der Waals surface area contributed by atoms with Crippen molar-refractivity contribution in [3.63, 3.8) is 0 Å². The molecular formula is C36H50O3. The van der Waals surface area contributed by atoms with Crippen molar-refractivity contribution in [2.45, 2.75) is 103 Å². The summed E-state index contributed by atoms with van der Waals surface area (Å²) in [5, 5.41) is 10.6. The van der Waals surface area contributed by atoms with Crippen LogP contribution in [0, 0.1) is 0 Å². The van der Waals surface area contributed by atoms with Gasteiger partial charge in [0.15, 0.2) is 0 Å². The number of phenolic OH excluding ortho intramolecular Hbond substituents is 1. The van der Waals surface area contributed by atoms with E-state index in [1.807, 2.05) is 6.07 Å². The van der Waals surface area contributed by atoms with Crippen LogP contribution in [-0.2, 0) is 35.2 Å². The first-order chi connectivity index (χ1) is 19.1. The molecule has 0 aliphatic rings. The maximum absolute atomic E-state index is 10.6. The Morgan fingerprint density at radius 1 is 0.538 bits per heavy atom. The third kappa shape index (κ3) is 12.9. The van der Waals surface area contributed by atoms with Gasteiger partial charge in [-0.05, 0) is 87.1 Å². The summed E-state index contributed by atoms with van der Waals surface area (Å²) < 4.78 is 12.3. The lowest BCUT2D eigenvalue weighted by Gasteiger charge is -2.19. The van der Waals surface area contributed by atoms with E-state index >= 15 is 0 Å². The fraction of sp³-hybridized carbons (Fsp3) is 0.500. The largest absolute Gasteiger partial charge is 0.508 e. The number of phenols is 1. The lowest BCUT2D eigenvalue weighted by atomic mass is 9.97. The zero-order chi connectivity index (χ0) is 27.5. The highest BCUT2D eigenvalue weighted by molar-refractivity contribution is 5.40. The molecule has 3 nitrogen and oxygen atoms in total. The van der Waals surface area contributed by atoms with Gasteiger partial charge >= 0.3 is 0 Å². The molecule has 3 heteroatoms. The number of rotatable bonds is 20. The van der Waals surface area contributed by atoms with Gasteiger partial charge in [0.25, 0.3) is 0 Å². The average Bonchev–Trinajstić information content (AvgIpc) is 2.95. The second-order valence-corrected chi connectivity index (χ2v) is 11.0. The van der Waals surface area contributed by atoms with E-state index < -0.39 is 0 Å². The Bertz CT molecular complexity index is 1020. The van der Waals surface area contributed by atoms with Crippen LogP contribution in [0.1, 0.15) is 87.5 Å². The zero-order valence-electron chi connectivity index (χ0n) is 24.3. The number of benzene rings is 3. The molecule has 0 aromatic heterocycles. The fourth-order valence-corrected chi connectivity index (χ4v) is 5.19. The Kier molecular flexibility index (Phi) is 14.8. The van der Waals surface area contributed by atoms with E-state index in [9.17, 15) is 5.11 Å². The molecule has 0 bridgehead atoms. The second kappa shape index (κ2) is 18.6. The summed E-state index contributed by atoms with van der Waals surface area (Å²) in [5.74, 6) is 0.370. The Morgan fingerprint density at radius 3 is 1.56 bits per heavy atom. The third-order valence-corrected chi connectivity index (χ3v) is 7.46. The van der Waals surface area contributed by atoms with Gasteiger partial charge < -0.3 is 14.6 Å². The Labute approximate surface area is 237 Å². The summed E-state index contributed by atoms with van der Waals surface area (Å²) in [7, 11) is 0. The molecule has 0 spiro atoms. The van der Waals surface area contributed by atoms with Crippen LogP contribution in [0.2, 0.25) is 0 Å². The highest BCUT2D eigenvalue weighted by atomic mass is 16.5. The van der Waals surface area contributed by atoms with Crippen LogP contribution in [-0.4, -0.2) is 30.5 Å². The van der Waals surface area contributed by atoms with Gasteiger partial charge in [-0.3, -0.25) is 0 Å². The van der Waals surface area contributed by atoms with E-state index in [2.05, 4.69) is 80.6 Å². The molecule has 0 heterocycles. The van der Waals surface area contributed by atoms with Crippen molar-refractivity contribution < 1.29 is 14.6 Å². The number of aromatic hydroxyl groups is 1. The van der Waals surface area contributed by atoms with Crippen LogP contribution in [0.3, 0.4) is 0 Å². The van der Waals surface area contributed by atoms with Crippen molar-refractivity contribution in [3.8, 4) is 5.75 Å². The summed E-state index contributed by atoms with van der Waals surface area (Å²) in [5.41, 5.74) is 5.03. The molecule has 0 saturated heterocycles. The Balaban J connectivity index is 1.27. The number of hydrogen-bond donors (Lipinski definition) is 1. The minimum Gasteiger partial charge on any atom is -0.508 e. The molecule has 0 aliphatic carbocycles. The highest BCUT2D eigenvalue weighted by Crippen LogP contribution is 2.25. The van der Waals surface area contributed by atoms with Gasteiger partial charge in [-0.1, -0.05) is 98.5 Å². The molecule has 0 fully saturated rings. The first-order valence-corrected chi connectivity index (χ1v) is 15.2. The van der Waals surface area contributed by atoms with Crippen LogP contribution in [0.5, 0.6) is 5.75 Å². The molecule has 2 atom stereocenters. The van der Waals surface area contributed by atoms with Gasteiger partial charge in [0.1, 0.15) is 5.75 Å². The van der Waals surface area contributed by atoms with Crippen LogP contribution in [0.4, 0.5) is 0 Å². The molecular weight excluding hydrogens is 480 g/mol. The van der Waals surface area contributed by atoms with Crippen LogP contribution in [0.15, 0.2) is 78.9 Å². The lowest BCUT2D eigenvalue weighted by molar-refractivity contribution is 0.0594. The van der Waals surface area contributed by atoms with E-state index in [-0.39, 0.29) is 12.2 Å². The van der Waals surface area contributed by atoms with Crippen molar-refractivity contribution in [1.82, 2.24) is 0 Å². The maximum Gasteiger partial charge on any atom is 0.119 e. The second-order valence-electron chi connectivity index (χ2n) is 11.0. The van der Waals surface area contributed by atoms with Crippen LogP contribution in [0.25, 0.3) is 0 Å². The summed E-state index contributed by atoms with van der Waals surface area (Å²) in [4.78, 5) is 0. The van der Waals surface area contributed by atoms with Gasteiger partial charge in [-0.15, -0.1) is 0 Å². The Hall–Kier alpha value is -2.62. The summed E-state index contributed by atoms with van der Waals surface area (Å²) in [6.45, 7) is 5.83. The fourth-order valence-electron chi connectivity index (χ4n) is 5.19. The first-order valence-electron chi connectivity index (χ1n) is 15.2. The minimum atomic E-state index is 0.0773. The molecule has 3 rings (SSSR count). The smallest absolute Gasteiger partial charge is 0.119 e. The number of hydrogen-bond acceptors (Lipinski definition) is 3. The van der Waals surface area contributed by atoms with E-state index in [1.165, 1.54) is 55.2 Å². The quantitative estimate of drug-likeness (QED) is 0.148. The van der Waals surface area contributed by atoms with E-state index in [0.29, 0.717) is 5.75 Å². The van der Waals surface area contributed by atoms with E-state index in [1.54, 1.807) is 6.07 Å². The number of ether oxygens (including phenoxy) is 2. The van der Waals surface area contributed by atoms with Gasteiger partial charge in [-0.25, -0.2) is 0 Å². The lowest BCUT2D eigenvalue weighted by Crippen LogP contribution is -2.17. The van der Waals surface area contributed by atoms with Crippen molar-refractivity contribution in [1.29, 1.82) is 0 Å². The van der Waals surface area contributed by atoms with Gasteiger partial charge in [-0.2, -0.15) is 0 Å². The summed E-state index contributed by atoms with van der Waals surface area (Å²) in [6.07, 6.45) is 13.6. The summed E-state index contributed by atoms with van der Waals surface area (Å²) in [6, 6.07) is 27.3. The van der Waals surface area contributed by atoms with Crippen LogP contribution < -0.4 is 0 Å². The van der Waals surface area contributed by atoms with E-state index in [0.717, 1.165) is 57.3 Å². The highest BCUT2D eigenvalue weighted by Gasteiger charge is 2.15.